The maximum Gasteiger partial charge on any atom is 0.227 e. The van der Waals surface area contributed by atoms with E-state index in [9.17, 15) is 4.79 Å². The van der Waals surface area contributed by atoms with E-state index in [1.54, 1.807) is 11.3 Å². The second-order valence-electron chi connectivity index (χ2n) is 6.93. The summed E-state index contributed by atoms with van der Waals surface area (Å²) in [7, 11) is 0. The summed E-state index contributed by atoms with van der Waals surface area (Å²) in [6.45, 7) is 4.94. The van der Waals surface area contributed by atoms with Crippen molar-refractivity contribution < 1.29 is 18.8 Å². The first-order valence-corrected chi connectivity index (χ1v) is 10.6. The molecule has 0 bridgehead atoms. The lowest BCUT2D eigenvalue weighted by molar-refractivity contribution is -0.121. The Morgan fingerprint density at radius 2 is 2.31 bits per heavy atom. The molecule has 1 aliphatic heterocycles. The Kier molecular flexibility index (Phi) is 5.80. The Labute approximate surface area is 173 Å². The summed E-state index contributed by atoms with van der Waals surface area (Å²) in [4.78, 5) is 16.6. The molecule has 2 aromatic heterocycles. The third kappa shape index (κ3) is 4.59. The molecule has 3 heterocycles. The van der Waals surface area contributed by atoms with Crippen LogP contribution >= 0.6 is 11.3 Å². The zero-order valence-corrected chi connectivity index (χ0v) is 17.3. The minimum atomic E-state index is -0.0856. The highest BCUT2D eigenvalue weighted by Gasteiger charge is 2.22. The Morgan fingerprint density at radius 3 is 3.10 bits per heavy atom. The van der Waals surface area contributed by atoms with Gasteiger partial charge in [0.2, 0.25) is 17.6 Å². The number of nitrogens with zero attached hydrogens (tertiary/aromatic N) is 2. The maximum atomic E-state index is 12.3. The molecule has 0 aliphatic carbocycles. The highest BCUT2D eigenvalue weighted by Crippen LogP contribution is 2.35. The van der Waals surface area contributed by atoms with Crippen LogP contribution in [0.4, 0.5) is 0 Å². The summed E-state index contributed by atoms with van der Waals surface area (Å²) in [5.41, 5.74) is 2.98. The van der Waals surface area contributed by atoms with E-state index in [2.05, 4.69) is 15.5 Å². The van der Waals surface area contributed by atoms with Crippen molar-refractivity contribution in [1.29, 1.82) is 0 Å². The van der Waals surface area contributed by atoms with Crippen molar-refractivity contribution in [3.8, 4) is 22.9 Å². The van der Waals surface area contributed by atoms with Gasteiger partial charge in [0, 0.05) is 47.9 Å². The molecule has 29 heavy (non-hydrogen) atoms. The Morgan fingerprint density at radius 1 is 1.41 bits per heavy atom. The molecule has 1 N–H and O–H groups in total. The minimum Gasteiger partial charge on any atom is -0.494 e. The van der Waals surface area contributed by atoms with Gasteiger partial charge in [-0.3, -0.25) is 4.79 Å². The molecule has 0 saturated carbocycles. The second kappa shape index (κ2) is 8.65. The molecular weight excluding hydrogens is 390 g/mol. The normalized spacial score (nSPS) is 15.0. The van der Waals surface area contributed by atoms with E-state index < -0.39 is 0 Å². The monoisotopic (exact) mass is 413 g/mol. The fraction of sp³-hybridized carbons (Fsp3) is 0.381. The number of hydrogen-bond donors (Lipinski definition) is 1. The molecule has 0 saturated heterocycles. The number of hydrogen-bond acceptors (Lipinski definition) is 7. The zero-order chi connectivity index (χ0) is 20.2. The number of carbonyl (C=O) groups excluding carboxylic acids is 1. The van der Waals surface area contributed by atoms with Crippen molar-refractivity contribution in [2.45, 2.75) is 45.8 Å². The predicted octanol–water partition coefficient (Wildman–Crippen LogP) is 3.77. The largest absolute Gasteiger partial charge is 0.494 e. The maximum absolute atomic E-state index is 12.3. The summed E-state index contributed by atoms with van der Waals surface area (Å²) >= 11 is 1.57. The Bertz CT molecular complexity index is 984. The lowest BCUT2D eigenvalue weighted by Crippen LogP contribution is -2.23. The minimum absolute atomic E-state index is 0.0856. The quantitative estimate of drug-likeness (QED) is 0.605. The topological polar surface area (TPSA) is 86.5 Å². The van der Waals surface area contributed by atoms with Crippen LogP contribution in [0.3, 0.4) is 0 Å². The van der Waals surface area contributed by atoms with Crippen LogP contribution in [-0.4, -0.2) is 28.8 Å². The molecule has 8 heteroatoms. The van der Waals surface area contributed by atoms with Crippen molar-refractivity contribution in [2.75, 3.05) is 6.61 Å². The lowest BCUT2D eigenvalue weighted by atomic mass is 10.1. The molecule has 0 unspecified atom stereocenters. The first kappa shape index (κ1) is 19.4. The molecule has 1 aromatic carbocycles. The van der Waals surface area contributed by atoms with Crippen LogP contribution in [0.2, 0.25) is 0 Å². The number of fused-ring (bicyclic) bond motifs is 1. The Hall–Kier alpha value is -2.87. The van der Waals surface area contributed by atoms with Gasteiger partial charge in [-0.1, -0.05) is 5.16 Å². The van der Waals surface area contributed by atoms with Gasteiger partial charge in [0.1, 0.15) is 17.6 Å². The van der Waals surface area contributed by atoms with Crippen LogP contribution in [0.5, 0.6) is 11.5 Å². The molecule has 152 valence electrons. The summed E-state index contributed by atoms with van der Waals surface area (Å²) in [5, 5.41) is 10.8. The SMILES string of the molecule is CCOc1cc2c(cc1CNC(=O)CCc1nc(-c3ccsc3)no1)O[C@H](C)C2. The van der Waals surface area contributed by atoms with E-state index in [0.717, 1.165) is 34.6 Å². The zero-order valence-electron chi connectivity index (χ0n) is 16.4. The van der Waals surface area contributed by atoms with E-state index in [1.807, 2.05) is 42.8 Å². The van der Waals surface area contributed by atoms with Gasteiger partial charge in [0.05, 0.1) is 6.61 Å². The molecular formula is C21H23N3O4S. The van der Waals surface area contributed by atoms with E-state index in [-0.39, 0.29) is 18.4 Å². The standard InChI is InChI=1S/C21H23N3O4S/c1-3-26-17-9-15-8-13(2)27-18(15)10-16(17)11-22-19(25)4-5-20-23-21(24-28-20)14-6-7-29-12-14/h6-7,9-10,12-13H,3-5,8,11H2,1-2H3,(H,22,25)/t13-/m1/s1. The van der Waals surface area contributed by atoms with E-state index >= 15 is 0 Å². The number of aromatic nitrogens is 2. The molecule has 1 aliphatic rings. The summed E-state index contributed by atoms with van der Waals surface area (Å²) < 4.78 is 16.8. The predicted molar refractivity (Wildman–Crippen MR) is 109 cm³/mol. The number of aryl methyl sites for hydroxylation is 1. The Balaban J connectivity index is 1.33. The number of rotatable bonds is 8. The molecule has 0 radical (unpaired) electrons. The van der Waals surface area contributed by atoms with Crippen LogP contribution < -0.4 is 14.8 Å². The number of amides is 1. The van der Waals surface area contributed by atoms with Gasteiger partial charge in [-0.2, -0.15) is 16.3 Å². The van der Waals surface area contributed by atoms with E-state index in [4.69, 9.17) is 14.0 Å². The van der Waals surface area contributed by atoms with Crippen LogP contribution in [0.1, 0.15) is 37.3 Å². The van der Waals surface area contributed by atoms with Gasteiger partial charge in [0.15, 0.2) is 0 Å². The highest BCUT2D eigenvalue weighted by atomic mass is 32.1. The van der Waals surface area contributed by atoms with Crippen LogP contribution in [0.15, 0.2) is 33.5 Å². The average Bonchev–Trinajstić information content (AvgIpc) is 3.44. The fourth-order valence-electron chi connectivity index (χ4n) is 3.28. The van der Waals surface area contributed by atoms with E-state index in [0.29, 0.717) is 31.3 Å². The highest BCUT2D eigenvalue weighted by molar-refractivity contribution is 7.08. The van der Waals surface area contributed by atoms with Crippen LogP contribution in [0.25, 0.3) is 11.4 Å². The van der Waals surface area contributed by atoms with Gasteiger partial charge < -0.3 is 19.3 Å². The lowest BCUT2D eigenvalue weighted by Gasteiger charge is -2.13. The van der Waals surface area contributed by atoms with Crippen LogP contribution in [0, 0.1) is 0 Å². The van der Waals surface area contributed by atoms with Gasteiger partial charge in [-0.15, -0.1) is 0 Å². The number of carbonyl (C=O) groups is 1. The molecule has 1 atom stereocenters. The molecule has 1 amide bonds. The number of ether oxygens (including phenoxy) is 2. The number of nitrogens with one attached hydrogen (secondary N) is 1. The van der Waals surface area contributed by atoms with Crippen molar-refractivity contribution in [3.05, 3.63) is 46.0 Å². The smallest absolute Gasteiger partial charge is 0.227 e. The molecule has 3 aromatic rings. The van der Waals surface area contributed by atoms with Crippen molar-refractivity contribution in [3.63, 3.8) is 0 Å². The number of benzene rings is 1. The third-order valence-corrected chi connectivity index (χ3v) is 5.35. The van der Waals surface area contributed by atoms with Crippen molar-refractivity contribution in [1.82, 2.24) is 15.5 Å². The van der Waals surface area contributed by atoms with Crippen LogP contribution in [-0.2, 0) is 24.2 Å². The van der Waals surface area contributed by atoms with Gasteiger partial charge >= 0.3 is 0 Å². The van der Waals surface area contributed by atoms with Gasteiger partial charge in [0.25, 0.3) is 0 Å². The fourth-order valence-corrected chi connectivity index (χ4v) is 3.91. The number of thiophene rings is 1. The summed E-state index contributed by atoms with van der Waals surface area (Å²) in [6, 6.07) is 5.92. The molecule has 0 spiro atoms. The third-order valence-electron chi connectivity index (χ3n) is 4.67. The summed E-state index contributed by atoms with van der Waals surface area (Å²) in [6.07, 6.45) is 1.71. The average molecular weight is 413 g/mol. The molecule has 7 nitrogen and oxygen atoms in total. The van der Waals surface area contributed by atoms with Crippen molar-refractivity contribution in [2.24, 2.45) is 0 Å². The second-order valence-corrected chi connectivity index (χ2v) is 7.71. The van der Waals surface area contributed by atoms with E-state index in [1.165, 1.54) is 0 Å². The first-order chi connectivity index (χ1) is 14.1. The molecule has 0 fully saturated rings. The van der Waals surface area contributed by atoms with Gasteiger partial charge in [-0.05, 0) is 37.4 Å². The first-order valence-electron chi connectivity index (χ1n) is 9.69. The molecule has 4 rings (SSSR count). The summed E-state index contributed by atoms with van der Waals surface area (Å²) in [5.74, 6) is 2.59. The van der Waals surface area contributed by atoms with Gasteiger partial charge in [-0.25, -0.2) is 0 Å². The van der Waals surface area contributed by atoms with Crippen molar-refractivity contribution >= 4 is 17.2 Å².